The van der Waals surface area contributed by atoms with E-state index in [1.807, 2.05) is 12.1 Å². The summed E-state index contributed by atoms with van der Waals surface area (Å²) in [4.78, 5) is 2.40. The predicted octanol–water partition coefficient (Wildman–Crippen LogP) is 13.6. The monoisotopic (exact) mass is 655 g/mol. The number of nitrogens with zero attached hydrogens (tertiary/aromatic N) is 3. The first-order valence-corrected chi connectivity index (χ1v) is 17.6. The Balaban J connectivity index is 1.17. The molecular weight excluding hydrogens is 619 g/mol. The number of hydrogen-bond acceptors (Lipinski definition) is 3. The molecule has 0 unspecified atom stereocenters. The Morgan fingerprint density at radius 3 is 1.76 bits per heavy atom. The van der Waals surface area contributed by atoms with Crippen LogP contribution in [0.5, 0.6) is 0 Å². The van der Waals surface area contributed by atoms with E-state index in [2.05, 4.69) is 189 Å². The molecule has 0 radical (unpaired) electrons. The maximum Gasteiger partial charge on any atom is 0.121 e. The van der Waals surface area contributed by atoms with Gasteiger partial charge in [-0.1, -0.05) is 159 Å². The van der Waals surface area contributed by atoms with Crippen molar-refractivity contribution < 1.29 is 0 Å². The van der Waals surface area contributed by atoms with Crippen LogP contribution in [0.3, 0.4) is 0 Å². The lowest BCUT2D eigenvalue weighted by Crippen LogP contribution is -2.16. The van der Waals surface area contributed by atoms with E-state index >= 15 is 0 Å². The van der Waals surface area contributed by atoms with E-state index in [-0.39, 0.29) is 11.5 Å². The van der Waals surface area contributed by atoms with Gasteiger partial charge in [-0.3, -0.25) is 0 Å². The van der Waals surface area contributed by atoms with Crippen molar-refractivity contribution in [3.8, 4) is 11.1 Å². The number of para-hydroxylation sites is 1. The zero-order valence-electron chi connectivity index (χ0n) is 28.7. The van der Waals surface area contributed by atoms with Gasteiger partial charge in [-0.15, -0.1) is 0 Å². The number of azo groups is 1. The minimum Gasteiger partial charge on any atom is -0.310 e. The number of hydrogen-bond donors (Lipinski definition) is 0. The lowest BCUT2D eigenvalue weighted by molar-refractivity contribution is 0.660. The van der Waals surface area contributed by atoms with E-state index in [4.69, 9.17) is 10.2 Å². The summed E-state index contributed by atoms with van der Waals surface area (Å²) in [7, 11) is 0. The quantitative estimate of drug-likeness (QED) is 0.124. The Hall–Kier alpha value is -6.32. The Labute approximate surface area is 299 Å². The third kappa shape index (κ3) is 5.30. The van der Waals surface area contributed by atoms with Gasteiger partial charge in [0.2, 0.25) is 0 Å². The highest BCUT2D eigenvalue weighted by Crippen LogP contribution is 2.51. The average Bonchev–Trinajstić information content (AvgIpc) is 3.42. The molecule has 1 aliphatic rings. The van der Waals surface area contributed by atoms with Crippen molar-refractivity contribution in [1.82, 2.24) is 0 Å². The van der Waals surface area contributed by atoms with Crippen molar-refractivity contribution >= 4 is 44.3 Å². The predicted molar refractivity (Wildman–Crippen MR) is 213 cm³/mol. The second kappa shape index (κ2) is 12.5. The Kier molecular flexibility index (Phi) is 7.55. The van der Waals surface area contributed by atoms with Crippen molar-refractivity contribution in [2.75, 3.05) is 4.90 Å². The van der Waals surface area contributed by atoms with Gasteiger partial charge < -0.3 is 4.90 Å². The van der Waals surface area contributed by atoms with Crippen LogP contribution >= 0.6 is 0 Å². The molecule has 0 aliphatic heterocycles. The number of fused-ring (bicyclic) bond motifs is 6. The van der Waals surface area contributed by atoms with E-state index in [0.29, 0.717) is 0 Å². The van der Waals surface area contributed by atoms with Crippen molar-refractivity contribution in [2.24, 2.45) is 10.2 Å². The second-order valence-electron chi connectivity index (χ2n) is 13.8. The van der Waals surface area contributed by atoms with E-state index in [9.17, 15) is 0 Å². The van der Waals surface area contributed by atoms with Gasteiger partial charge in [-0.25, -0.2) is 0 Å². The van der Waals surface area contributed by atoms with Crippen LogP contribution in [0.4, 0.5) is 22.7 Å². The highest BCUT2D eigenvalue weighted by atomic mass is 15.1. The van der Waals surface area contributed by atoms with Gasteiger partial charge in [0, 0.05) is 27.6 Å². The molecule has 0 amide bonds. The zero-order chi connectivity index (χ0) is 34.4. The van der Waals surface area contributed by atoms with Crippen LogP contribution in [-0.4, -0.2) is 0 Å². The first-order chi connectivity index (χ1) is 25.1. The molecular formula is C48H37N3. The van der Waals surface area contributed by atoms with Gasteiger partial charge in [0.1, 0.15) is 6.04 Å². The maximum atomic E-state index is 4.96. The summed E-state index contributed by atoms with van der Waals surface area (Å²) < 4.78 is 0. The number of anilines is 3. The van der Waals surface area contributed by atoms with Crippen LogP contribution in [0.2, 0.25) is 0 Å². The highest BCUT2D eigenvalue weighted by Gasteiger charge is 2.35. The first-order valence-electron chi connectivity index (χ1n) is 17.6. The SMILES string of the molecule is CC1(C)c2ccccc2-c2ccc(N(c3ccccc3)c3cccc4c3ccc3c(N=NC(c5ccccc5)c5ccccc5)cccc34)cc21. The molecule has 0 atom stereocenters. The molecule has 0 saturated heterocycles. The minimum absolute atomic E-state index is 0.0930. The summed E-state index contributed by atoms with van der Waals surface area (Å²) in [5, 5.41) is 14.5. The molecule has 51 heavy (non-hydrogen) atoms. The lowest BCUT2D eigenvalue weighted by Gasteiger charge is -2.29. The Morgan fingerprint density at radius 1 is 0.451 bits per heavy atom. The molecule has 1 aliphatic carbocycles. The summed E-state index contributed by atoms with van der Waals surface area (Å²) in [5.41, 5.74) is 11.8. The fraction of sp³-hybridized carbons (Fsp3) is 0.0833. The van der Waals surface area contributed by atoms with Gasteiger partial charge in [-0.05, 0) is 80.6 Å². The smallest absolute Gasteiger partial charge is 0.121 e. The number of benzene rings is 8. The fourth-order valence-electron chi connectivity index (χ4n) is 7.93. The molecule has 0 aromatic heterocycles. The molecule has 9 rings (SSSR count). The van der Waals surface area contributed by atoms with Crippen molar-refractivity contribution in [2.45, 2.75) is 25.3 Å². The molecule has 3 nitrogen and oxygen atoms in total. The molecule has 3 heteroatoms. The summed E-state index contributed by atoms with van der Waals surface area (Å²) in [6.45, 7) is 4.68. The largest absolute Gasteiger partial charge is 0.310 e. The second-order valence-corrected chi connectivity index (χ2v) is 13.8. The van der Waals surface area contributed by atoms with E-state index in [1.165, 1.54) is 33.0 Å². The van der Waals surface area contributed by atoms with Crippen LogP contribution in [0.25, 0.3) is 32.7 Å². The maximum absolute atomic E-state index is 4.96. The van der Waals surface area contributed by atoms with Crippen molar-refractivity contribution in [3.05, 3.63) is 204 Å². The molecule has 0 bridgehead atoms. The standard InChI is InChI=1S/C48H37N3/c1-48(2)43-25-13-12-22-39(43)40-29-28-36(32-44(40)48)51(35-20-10-5-11-21-35)46-27-15-24-38-37-23-14-26-45(41(37)30-31-42(38)46)49-50-47(33-16-6-3-7-17-33)34-18-8-4-9-19-34/h3-32,47H,1-2H3. The topological polar surface area (TPSA) is 28.0 Å². The van der Waals surface area contributed by atoms with Gasteiger partial charge in [0.05, 0.1) is 11.4 Å². The Morgan fingerprint density at radius 2 is 1.04 bits per heavy atom. The molecule has 0 heterocycles. The van der Waals surface area contributed by atoms with Crippen molar-refractivity contribution in [3.63, 3.8) is 0 Å². The third-order valence-electron chi connectivity index (χ3n) is 10.5. The molecule has 8 aromatic rings. The van der Waals surface area contributed by atoms with Crippen molar-refractivity contribution in [1.29, 1.82) is 0 Å². The third-order valence-corrected chi connectivity index (χ3v) is 10.5. The zero-order valence-corrected chi connectivity index (χ0v) is 28.7. The van der Waals surface area contributed by atoms with E-state index in [0.717, 1.165) is 44.6 Å². The van der Waals surface area contributed by atoms with E-state index < -0.39 is 0 Å². The summed E-state index contributed by atoms with van der Waals surface area (Å²) >= 11 is 0. The minimum atomic E-state index is -0.195. The van der Waals surface area contributed by atoms with Gasteiger partial charge in [0.15, 0.2) is 0 Å². The molecule has 0 spiro atoms. The average molecular weight is 656 g/mol. The van der Waals surface area contributed by atoms with Crippen LogP contribution in [-0.2, 0) is 5.41 Å². The van der Waals surface area contributed by atoms with Crippen LogP contribution in [0.15, 0.2) is 192 Å². The first kappa shape index (κ1) is 30.7. The normalized spacial score (nSPS) is 13.2. The molecule has 244 valence electrons. The Bertz CT molecular complexity index is 2520. The fourth-order valence-corrected chi connectivity index (χ4v) is 7.93. The van der Waals surface area contributed by atoms with Gasteiger partial charge in [-0.2, -0.15) is 10.2 Å². The van der Waals surface area contributed by atoms with Crippen LogP contribution in [0.1, 0.15) is 42.1 Å². The molecule has 0 saturated carbocycles. The summed E-state index contributed by atoms with van der Waals surface area (Å²) in [6.07, 6.45) is 0. The molecule has 0 fully saturated rings. The van der Waals surface area contributed by atoms with Gasteiger partial charge in [0.25, 0.3) is 0 Å². The van der Waals surface area contributed by atoms with E-state index in [1.54, 1.807) is 0 Å². The molecule has 8 aromatic carbocycles. The lowest BCUT2D eigenvalue weighted by atomic mass is 9.82. The van der Waals surface area contributed by atoms with Crippen LogP contribution < -0.4 is 4.90 Å². The summed E-state index contributed by atoms with van der Waals surface area (Å²) in [5.74, 6) is 0. The molecule has 0 N–H and O–H groups in total. The number of rotatable bonds is 7. The highest BCUT2D eigenvalue weighted by molar-refractivity contribution is 6.15. The van der Waals surface area contributed by atoms with Crippen LogP contribution in [0, 0.1) is 0 Å². The van der Waals surface area contributed by atoms with Gasteiger partial charge >= 0.3 is 0 Å². The summed E-state index contributed by atoms with van der Waals surface area (Å²) in [6, 6.07) is 64.6.